The zero-order chi connectivity index (χ0) is 12.0. The van der Waals surface area contributed by atoms with E-state index in [1.165, 1.54) is 0 Å². The van der Waals surface area contributed by atoms with Crippen LogP contribution in [0.4, 0.5) is 0 Å². The maximum Gasteiger partial charge on any atom is 0.122 e. The lowest BCUT2D eigenvalue weighted by Gasteiger charge is -2.03. The molecule has 0 aliphatic rings. The van der Waals surface area contributed by atoms with Crippen molar-refractivity contribution < 1.29 is 8.95 Å². The lowest BCUT2D eigenvalue weighted by Crippen LogP contribution is -2.02. The van der Waals surface area contributed by atoms with Gasteiger partial charge in [-0.3, -0.25) is 4.21 Å². The first-order valence-electron chi connectivity index (χ1n) is 5.49. The minimum Gasteiger partial charge on any atom is -0.375 e. The Bertz CT molecular complexity index is 338. The number of nitrogens with zero attached hydrogens (tertiary/aromatic N) is 1. The van der Waals surface area contributed by atoms with Crippen LogP contribution in [0.15, 0.2) is 5.38 Å². The maximum atomic E-state index is 11.7. The van der Waals surface area contributed by atoms with Crippen molar-refractivity contribution in [3.8, 4) is 0 Å². The van der Waals surface area contributed by atoms with Gasteiger partial charge in [0, 0.05) is 29.0 Å². The molecule has 0 spiro atoms. The highest BCUT2D eigenvalue weighted by Gasteiger charge is 2.10. The van der Waals surface area contributed by atoms with E-state index in [4.69, 9.17) is 4.74 Å². The standard InChI is InChI=1S/C11H19NO2S2/c1-4-5-6-16(13)8-10-7-15-11(12-10)9(2)14-3/h7,9H,4-6,8H2,1-3H3/t9-,16+/m0/s1. The fourth-order valence-electron chi connectivity index (χ4n) is 1.22. The van der Waals surface area contributed by atoms with Crippen LogP contribution in [0.3, 0.4) is 0 Å². The molecule has 0 fully saturated rings. The predicted molar refractivity (Wildman–Crippen MR) is 69.2 cm³/mol. The Hall–Kier alpha value is -0.260. The van der Waals surface area contributed by atoms with Crippen molar-refractivity contribution in [1.29, 1.82) is 0 Å². The van der Waals surface area contributed by atoms with Crippen molar-refractivity contribution in [3.05, 3.63) is 16.1 Å². The van der Waals surface area contributed by atoms with E-state index in [0.29, 0.717) is 5.75 Å². The summed E-state index contributed by atoms with van der Waals surface area (Å²) >= 11 is 1.58. The Labute approximate surface area is 104 Å². The smallest absolute Gasteiger partial charge is 0.122 e. The van der Waals surface area contributed by atoms with Crippen LogP contribution < -0.4 is 0 Å². The van der Waals surface area contributed by atoms with Crippen molar-refractivity contribution in [3.63, 3.8) is 0 Å². The molecule has 0 aliphatic carbocycles. The van der Waals surface area contributed by atoms with Crippen molar-refractivity contribution in [2.45, 2.75) is 38.5 Å². The Morgan fingerprint density at radius 1 is 1.62 bits per heavy atom. The molecule has 16 heavy (non-hydrogen) atoms. The third-order valence-electron chi connectivity index (χ3n) is 2.31. The summed E-state index contributed by atoms with van der Waals surface area (Å²) in [5.74, 6) is 1.36. The molecule has 0 aromatic carbocycles. The summed E-state index contributed by atoms with van der Waals surface area (Å²) in [6, 6.07) is 0. The Morgan fingerprint density at radius 2 is 2.38 bits per heavy atom. The molecule has 1 heterocycles. The minimum atomic E-state index is -0.769. The minimum absolute atomic E-state index is 0.0304. The Balaban J connectivity index is 2.48. The number of aromatic nitrogens is 1. The molecule has 3 nitrogen and oxygen atoms in total. The zero-order valence-corrected chi connectivity index (χ0v) is 11.7. The molecule has 1 aromatic heterocycles. The normalized spacial score (nSPS) is 14.9. The summed E-state index contributed by atoms with van der Waals surface area (Å²) < 4.78 is 16.9. The van der Waals surface area contributed by atoms with E-state index in [1.54, 1.807) is 18.4 Å². The van der Waals surface area contributed by atoms with Crippen LogP contribution in [0.5, 0.6) is 0 Å². The van der Waals surface area contributed by atoms with E-state index < -0.39 is 10.8 Å². The van der Waals surface area contributed by atoms with Crippen LogP contribution in [0.25, 0.3) is 0 Å². The first-order chi connectivity index (χ1) is 7.67. The summed E-state index contributed by atoms with van der Waals surface area (Å²) in [4.78, 5) is 4.43. The van der Waals surface area contributed by atoms with Crippen molar-refractivity contribution in [2.24, 2.45) is 0 Å². The van der Waals surface area contributed by atoms with Gasteiger partial charge in [0.2, 0.25) is 0 Å². The fourth-order valence-corrected chi connectivity index (χ4v) is 3.41. The van der Waals surface area contributed by atoms with Crippen LogP contribution in [0, 0.1) is 0 Å². The van der Waals surface area contributed by atoms with Crippen molar-refractivity contribution in [2.75, 3.05) is 12.9 Å². The highest BCUT2D eigenvalue weighted by Crippen LogP contribution is 2.21. The van der Waals surface area contributed by atoms with Gasteiger partial charge in [-0.05, 0) is 13.3 Å². The van der Waals surface area contributed by atoms with Crippen molar-refractivity contribution >= 4 is 22.1 Å². The third-order valence-corrected chi connectivity index (χ3v) is 4.72. The first-order valence-corrected chi connectivity index (χ1v) is 7.86. The number of methoxy groups -OCH3 is 1. The summed E-state index contributed by atoms with van der Waals surface area (Å²) in [7, 11) is 0.902. The summed E-state index contributed by atoms with van der Waals surface area (Å²) in [6.07, 6.45) is 2.15. The predicted octanol–water partition coefficient (Wildman–Crippen LogP) is 2.90. The fraction of sp³-hybridized carbons (Fsp3) is 0.727. The van der Waals surface area contributed by atoms with Crippen LogP contribution >= 0.6 is 11.3 Å². The van der Waals surface area contributed by atoms with Gasteiger partial charge in [-0.2, -0.15) is 0 Å². The van der Waals surface area contributed by atoms with Gasteiger partial charge < -0.3 is 4.74 Å². The van der Waals surface area contributed by atoms with Crippen LogP contribution in [0.1, 0.15) is 43.5 Å². The molecular weight excluding hydrogens is 242 g/mol. The van der Waals surface area contributed by atoms with Gasteiger partial charge in [0.05, 0.1) is 11.4 Å². The molecule has 1 rings (SSSR count). The first kappa shape index (κ1) is 13.8. The van der Waals surface area contributed by atoms with Gasteiger partial charge in [0.25, 0.3) is 0 Å². The number of hydrogen-bond acceptors (Lipinski definition) is 4. The lowest BCUT2D eigenvalue weighted by atomic mass is 10.4. The summed E-state index contributed by atoms with van der Waals surface area (Å²) in [5.41, 5.74) is 0.929. The second-order valence-corrected chi connectivity index (χ2v) is 6.16. The van der Waals surface area contributed by atoms with E-state index in [0.717, 1.165) is 29.3 Å². The number of unbranched alkanes of at least 4 members (excludes halogenated alkanes) is 1. The van der Waals surface area contributed by atoms with Crippen LogP contribution in [0.2, 0.25) is 0 Å². The third kappa shape index (κ3) is 4.31. The molecule has 5 heteroatoms. The molecule has 0 unspecified atom stereocenters. The van der Waals surface area contributed by atoms with Crippen LogP contribution in [-0.2, 0) is 21.3 Å². The van der Waals surface area contributed by atoms with Crippen LogP contribution in [-0.4, -0.2) is 22.1 Å². The topological polar surface area (TPSA) is 39.2 Å². The largest absolute Gasteiger partial charge is 0.375 e. The van der Waals surface area contributed by atoms with Gasteiger partial charge in [-0.25, -0.2) is 4.98 Å². The second-order valence-electron chi connectivity index (χ2n) is 3.70. The quantitative estimate of drug-likeness (QED) is 0.757. The van der Waals surface area contributed by atoms with Crippen molar-refractivity contribution in [1.82, 2.24) is 4.98 Å². The molecule has 92 valence electrons. The molecule has 0 aliphatic heterocycles. The summed E-state index contributed by atoms with van der Waals surface area (Å²) in [6.45, 7) is 4.08. The highest BCUT2D eigenvalue weighted by atomic mass is 32.2. The molecule has 1 aromatic rings. The number of thiazole rings is 1. The highest BCUT2D eigenvalue weighted by molar-refractivity contribution is 7.84. The molecule has 0 bridgehead atoms. The van der Waals surface area contributed by atoms with Gasteiger partial charge in [0.1, 0.15) is 11.1 Å². The number of rotatable bonds is 7. The zero-order valence-electron chi connectivity index (χ0n) is 10.1. The van der Waals surface area contributed by atoms with Gasteiger partial charge in [0.15, 0.2) is 0 Å². The SMILES string of the molecule is CCCC[S@@](=O)Cc1csc([C@H](C)OC)n1. The van der Waals surface area contributed by atoms with Gasteiger partial charge >= 0.3 is 0 Å². The monoisotopic (exact) mass is 261 g/mol. The average molecular weight is 261 g/mol. The van der Waals surface area contributed by atoms with E-state index in [2.05, 4.69) is 11.9 Å². The summed E-state index contributed by atoms with van der Waals surface area (Å²) in [5, 5.41) is 2.94. The lowest BCUT2D eigenvalue weighted by molar-refractivity contribution is 0.119. The van der Waals surface area contributed by atoms with E-state index >= 15 is 0 Å². The second kappa shape index (κ2) is 7.14. The molecular formula is C11H19NO2S2. The average Bonchev–Trinajstić information content (AvgIpc) is 2.73. The molecule has 0 radical (unpaired) electrons. The molecule has 0 saturated carbocycles. The van der Waals surface area contributed by atoms with Gasteiger partial charge in [-0.15, -0.1) is 11.3 Å². The molecule has 0 amide bonds. The van der Waals surface area contributed by atoms with E-state index in [-0.39, 0.29) is 6.10 Å². The molecule has 0 saturated heterocycles. The Morgan fingerprint density at radius 3 is 3.00 bits per heavy atom. The number of hydrogen-bond donors (Lipinski definition) is 0. The number of ether oxygens (including phenoxy) is 1. The van der Waals surface area contributed by atoms with E-state index in [1.807, 2.05) is 12.3 Å². The maximum absolute atomic E-state index is 11.7. The van der Waals surface area contributed by atoms with E-state index in [9.17, 15) is 4.21 Å². The van der Waals surface area contributed by atoms with Gasteiger partial charge in [-0.1, -0.05) is 13.3 Å². The molecule has 2 atom stereocenters. The molecule has 0 N–H and O–H groups in total. The Kier molecular flexibility index (Phi) is 6.16.